The monoisotopic (exact) mass is 196 g/mol. The zero-order valence-electron chi connectivity index (χ0n) is 8.44. The lowest BCUT2D eigenvalue weighted by atomic mass is 9.92. The first kappa shape index (κ1) is 11.0. The molecule has 1 amide bonds. The van der Waals surface area contributed by atoms with E-state index in [1.165, 1.54) is 0 Å². The van der Waals surface area contributed by atoms with E-state index in [-0.39, 0.29) is 24.3 Å². The molecule has 0 radical (unpaired) electrons. The smallest absolute Gasteiger partial charge is 0.236 e. The molecular weight excluding hydrogens is 180 g/mol. The molecule has 1 aliphatic rings. The molecule has 0 aromatic rings. The number of piperidine rings is 1. The number of hydrogen-bond acceptors (Lipinski definition) is 3. The van der Waals surface area contributed by atoms with Gasteiger partial charge in [0.15, 0.2) is 0 Å². The summed E-state index contributed by atoms with van der Waals surface area (Å²) in [5.74, 6) is 0.0595. The molecule has 0 saturated carbocycles. The Kier molecular flexibility index (Phi) is 3.90. The van der Waals surface area contributed by atoms with E-state index < -0.39 is 0 Å². The number of carbonyl (C=O) groups is 1. The van der Waals surface area contributed by atoms with E-state index in [4.69, 9.17) is 5.26 Å². The van der Waals surface area contributed by atoms with Gasteiger partial charge in [-0.1, -0.05) is 6.92 Å². The highest BCUT2D eigenvalue weighted by Gasteiger charge is 2.28. The predicted octanol–water partition coefficient (Wildman–Crippen LogP) is 0.519. The van der Waals surface area contributed by atoms with Crippen LogP contribution in [0.25, 0.3) is 0 Å². The van der Waals surface area contributed by atoms with Crippen LogP contribution in [0.2, 0.25) is 0 Å². The average Bonchev–Trinajstić information content (AvgIpc) is 2.19. The molecule has 78 valence electrons. The second-order valence-electron chi connectivity index (χ2n) is 3.70. The lowest BCUT2D eigenvalue weighted by Gasteiger charge is -2.35. The molecule has 4 heteroatoms. The van der Waals surface area contributed by atoms with E-state index in [9.17, 15) is 9.90 Å². The predicted molar refractivity (Wildman–Crippen MR) is 51.2 cm³/mol. The van der Waals surface area contributed by atoms with Crippen LogP contribution in [0.1, 0.15) is 26.2 Å². The SMILES string of the molecule is CC[C@@H]1CN(C(=O)CC#N)CC[C@H]1O. The fraction of sp³-hybridized carbons (Fsp3) is 0.800. The van der Waals surface area contributed by atoms with E-state index >= 15 is 0 Å². The molecular formula is C10H16N2O2. The molecule has 0 aromatic heterocycles. The van der Waals surface area contributed by atoms with Crippen LogP contribution >= 0.6 is 0 Å². The number of rotatable bonds is 2. The van der Waals surface area contributed by atoms with Gasteiger partial charge in [0.2, 0.25) is 5.91 Å². The fourth-order valence-electron chi connectivity index (χ4n) is 1.83. The van der Waals surface area contributed by atoms with Crippen molar-refractivity contribution in [1.29, 1.82) is 5.26 Å². The van der Waals surface area contributed by atoms with Crippen LogP contribution in [-0.2, 0) is 4.79 Å². The zero-order chi connectivity index (χ0) is 10.6. The highest BCUT2D eigenvalue weighted by atomic mass is 16.3. The van der Waals surface area contributed by atoms with E-state index in [1.807, 2.05) is 13.0 Å². The van der Waals surface area contributed by atoms with Crippen molar-refractivity contribution in [2.24, 2.45) is 5.92 Å². The summed E-state index contributed by atoms with van der Waals surface area (Å²) in [5.41, 5.74) is 0. The Labute approximate surface area is 84.1 Å². The molecule has 1 saturated heterocycles. The molecule has 1 rings (SSSR count). The van der Waals surface area contributed by atoms with Crippen LogP contribution in [0.4, 0.5) is 0 Å². The highest BCUT2D eigenvalue weighted by Crippen LogP contribution is 2.20. The van der Waals surface area contributed by atoms with Crippen molar-refractivity contribution in [1.82, 2.24) is 4.90 Å². The van der Waals surface area contributed by atoms with Gasteiger partial charge in [-0.2, -0.15) is 5.26 Å². The van der Waals surface area contributed by atoms with Crippen molar-refractivity contribution in [3.8, 4) is 6.07 Å². The summed E-state index contributed by atoms with van der Waals surface area (Å²) in [6, 6.07) is 1.86. The highest BCUT2D eigenvalue weighted by molar-refractivity contribution is 5.78. The van der Waals surface area contributed by atoms with Crippen LogP contribution in [0.5, 0.6) is 0 Å². The Morgan fingerprint density at radius 2 is 2.43 bits per heavy atom. The summed E-state index contributed by atoms with van der Waals surface area (Å²) in [6.45, 7) is 3.18. The van der Waals surface area contributed by atoms with Crippen molar-refractivity contribution >= 4 is 5.91 Å². The van der Waals surface area contributed by atoms with Gasteiger partial charge < -0.3 is 10.0 Å². The molecule has 1 heterocycles. The first-order chi connectivity index (χ1) is 6.69. The van der Waals surface area contributed by atoms with Gasteiger partial charge in [-0.3, -0.25) is 4.79 Å². The van der Waals surface area contributed by atoms with Crippen molar-refractivity contribution in [3.63, 3.8) is 0 Å². The number of amides is 1. The summed E-state index contributed by atoms with van der Waals surface area (Å²) in [6.07, 6.45) is 1.17. The van der Waals surface area contributed by atoms with Gasteiger partial charge in [0.1, 0.15) is 6.42 Å². The van der Waals surface area contributed by atoms with E-state index in [1.54, 1.807) is 4.90 Å². The first-order valence-electron chi connectivity index (χ1n) is 5.01. The fourth-order valence-corrected chi connectivity index (χ4v) is 1.83. The molecule has 14 heavy (non-hydrogen) atoms. The molecule has 1 aliphatic heterocycles. The van der Waals surface area contributed by atoms with Gasteiger partial charge in [0.25, 0.3) is 0 Å². The Morgan fingerprint density at radius 1 is 1.71 bits per heavy atom. The van der Waals surface area contributed by atoms with Gasteiger partial charge in [-0.15, -0.1) is 0 Å². The normalized spacial score (nSPS) is 27.1. The number of hydrogen-bond donors (Lipinski definition) is 1. The summed E-state index contributed by atoms with van der Waals surface area (Å²) < 4.78 is 0. The quantitative estimate of drug-likeness (QED) is 0.700. The van der Waals surface area contributed by atoms with Gasteiger partial charge in [0.05, 0.1) is 12.2 Å². The third-order valence-electron chi connectivity index (χ3n) is 2.80. The average molecular weight is 196 g/mol. The van der Waals surface area contributed by atoms with Crippen LogP contribution in [0, 0.1) is 17.2 Å². The molecule has 4 nitrogen and oxygen atoms in total. The maximum Gasteiger partial charge on any atom is 0.236 e. The third kappa shape index (κ3) is 2.46. The standard InChI is InChI=1S/C10H16N2O2/c1-2-8-7-12(6-4-9(8)13)10(14)3-5-11/h8-9,13H,2-4,6-7H2,1H3/t8-,9-/m1/s1. The van der Waals surface area contributed by atoms with E-state index in [0.29, 0.717) is 19.5 Å². The largest absolute Gasteiger partial charge is 0.393 e. The minimum Gasteiger partial charge on any atom is -0.393 e. The Bertz CT molecular complexity index is 247. The van der Waals surface area contributed by atoms with Crippen molar-refractivity contribution in [2.75, 3.05) is 13.1 Å². The summed E-state index contributed by atoms with van der Waals surface area (Å²) in [4.78, 5) is 13.1. The van der Waals surface area contributed by atoms with Crippen molar-refractivity contribution in [2.45, 2.75) is 32.3 Å². The Hall–Kier alpha value is -1.08. The number of aliphatic hydroxyl groups excluding tert-OH is 1. The van der Waals surface area contributed by atoms with Crippen LogP contribution in [-0.4, -0.2) is 35.1 Å². The first-order valence-corrected chi connectivity index (χ1v) is 5.01. The van der Waals surface area contributed by atoms with Gasteiger partial charge in [0, 0.05) is 19.0 Å². The van der Waals surface area contributed by atoms with Crippen LogP contribution < -0.4 is 0 Å². The third-order valence-corrected chi connectivity index (χ3v) is 2.80. The molecule has 2 atom stereocenters. The van der Waals surface area contributed by atoms with Crippen molar-refractivity contribution in [3.05, 3.63) is 0 Å². The molecule has 0 spiro atoms. The van der Waals surface area contributed by atoms with Gasteiger partial charge >= 0.3 is 0 Å². The number of nitrogens with zero attached hydrogens (tertiary/aromatic N) is 2. The van der Waals surface area contributed by atoms with Crippen LogP contribution in [0.15, 0.2) is 0 Å². The number of carbonyl (C=O) groups excluding carboxylic acids is 1. The van der Waals surface area contributed by atoms with Crippen molar-refractivity contribution < 1.29 is 9.90 Å². The molecule has 0 aliphatic carbocycles. The second kappa shape index (κ2) is 4.97. The Morgan fingerprint density at radius 3 is 3.00 bits per heavy atom. The van der Waals surface area contributed by atoms with Gasteiger partial charge in [-0.05, 0) is 12.8 Å². The molecule has 1 N–H and O–H groups in total. The summed E-state index contributed by atoms with van der Waals surface area (Å²) in [5, 5.41) is 18.0. The maximum absolute atomic E-state index is 11.4. The maximum atomic E-state index is 11.4. The lowest BCUT2D eigenvalue weighted by Crippen LogP contribution is -2.45. The lowest BCUT2D eigenvalue weighted by molar-refractivity contribution is -0.133. The molecule has 0 bridgehead atoms. The zero-order valence-corrected chi connectivity index (χ0v) is 8.44. The summed E-state index contributed by atoms with van der Waals surface area (Å²) >= 11 is 0. The number of nitriles is 1. The topological polar surface area (TPSA) is 64.3 Å². The van der Waals surface area contributed by atoms with E-state index in [2.05, 4.69) is 0 Å². The van der Waals surface area contributed by atoms with Gasteiger partial charge in [-0.25, -0.2) is 0 Å². The number of aliphatic hydroxyl groups is 1. The number of likely N-dealkylation sites (tertiary alicyclic amines) is 1. The minimum atomic E-state index is -0.286. The minimum absolute atomic E-state index is 0.0491. The Balaban J connectivity index is 2.50. The molecule has 0 aromatic carbocycles. The molecule has 1 fully saturated rings. The van der Waals surface area contributed by atoms with Crippen LogP contribution in [0.3, 0.4) is 0 Å². The van der Waals surface area contributed by atoms with E-state index in [0.717, 1.165) is 6.42 Å². The second-order valence-corrected chi connectivity index (χ2v) is 3.70. The molecule has 0 unspecified atom stereocenters. The summed E-state index contributed by atoms with van der Waals surface area (Å²) in [7, 11) is 0.